The van der Waals surface area contributed by atoms with Gasteiger partial charge in [-0.25, -0.2) is 4.98 Å². The molecule has 2 unspecified atom stereocenters. The van der Waals surface area contributed by atoms with Crippen molar-refractivity contribution in [2.24, 2.45) is 5.41 Å². The van der Waals surface area contributed by atoms with Crippen molar-refractivity contribution < 1.29 is 0 Å². The molecule has 0 saturated carbocycles. The summed E-state index contributed by atoms with van der Waals surface area (Å²) in [5.74, 6) is 1.45. The maximum Gasteiger partial charge on any atom is 0.113 e. The van der Waals surface area contributed by atoms with Gasteiger partial charge in [0.2, 0.25) is 0 Å². The van der Waals surface area contributed by atoms with E-state index >= 15 is 0 Å². The summed E-state index contributed by atoms with van der Waals surface area (Å²) in [6, 6.07) is 21.7. The Morgan fingerprint density at radius 3 is 2.12 bits per heavy atom. The quantitative estimate of drug-likeness (QED) is 0.634. The zero-order chi connectivity index (χ0) is 18.0. The molecule has 2 aromatic carbocycles. The van der Waals surface area contributed by atoms with E-state index in [0.717, 1.165) is 5.82 Å². The SMILES string of the molecule is CC1=CC=CC(c2ncc[nH]2)C1(C)C(c1ccccc1)c1ccccc1. The van der Waals surface area contributed by atoms with Crippen molar-refractivity contribution in [3.8, 4) is 0 Å². The largest absolute Gasteiger partial charge is 0.348 e. The predicted molar refractivity (Wildman–Crippen MR) is 107 cm³/mol. The van der Waals surface area contributed by atoms with Crippen molar-refractivity contribution in [3.63, 3.8) is 0 Å². The van der Waals surface area contributed by atoms with Crippen LogP contribution in [0.4, 0.5) is 0 Å². The van der Waals surface area contributed by atoms with Gasteiger partial charge in [0.25, 0.3) is 0 Å². The fourth-order valence-corrected chi connectivity index (χ4v) is 4.34. The van der Waals surface area contributed by atoms with Crippen LogP contribution in [0.3, 0.4) is 0 Å². The van der Waals surface area contributed by atoms with Crippen LogP contribution in [0.1, 0.15) is 42.6 Å². The summed E-state index contributed by atoms with van der Waals surface area (Å²) in [4.78, 5) is 7.96. The Labute approximate surface area is 155 Å². The summed E-state index contributed by atoms with van der Waals surface area (Å²) in [5.41, 5.74) is 3.93. The predicted octanol–water partition coefficient (Wildman–Crippen LogP) is 5.85. The van der Waals surface area contributed by atoms with Crippen LogP contribution in [-0.4, -0.2) is 9.97 Å². The van der Waals surface area contributed by atoms with E-state index in [4.69, 9.17) is 0 Å². The summed E-state index contributed by atoms with van der Waals surface area (Å²) < 4.78 is 0. The number of allylic oxidation sites excluding steroid dienone is 4. The summed E-state index contributed by atoms with van der Waals surface area (Å²) >= 11 is 0. The summed E-state index contributed by atoms with van der Waals surface area (Å²) in [6.07, 6.45) is 10.5. The first-order valence-electron chi connectivity index (χ1n) is 9.16. The number of rotatable bonds is 4. The molecule has 2 heteroatoms. The van der Waals surface area contributed by atoms with Crippen molar-refractivity contribution in [3.05, 3.63) is 114 Å². The molecule has 0 amide bonds. The second-order valence-corrected chi connectivity index (χ2v) is 7.22. The average Bonchev–Trinajstić information content (AvgIpc) is 3.20. The molecule has 1 aliphatic rings. The van der Waals surface area contributed by atoms with Crippen LogP contribution in [0.15, 0.2) is 96.9 Å². The van der Waals surface area contributed by atoms with Gasteiger partial charge < -0.3 is 4.98 Å². The third kappa shape index (κ3) is 2.72. The van der Waals surface area contributed by atoms with Crippen LogP contribution in [0.2, 0.25) is 0 Å². The standard InChI is InChI=1S/C24H24N2/c1-18-10-9-15-21(23-25-16-17-26-23)24(18,2)22(19-11-5-3-6-12-19)20-13-7-4-8-14-20/h3-17,21-22H,1-2H3,(H,25,26). The molecule has 2 atom stereocenters. The maximum atomic E-state index is 4.61. The molecule has 4 rings (SSSR count). The number of imidazole rings is 1. The molecule has 0 fully saturated rings. The van der Waals surface area contributed by atoms with Crippen molar-refractivity contribution in [1.82, 2.24) is 9.97 Å². The normalized spacial score (nSPS) is 22.4. The first-order chi connectivity index (χ1) is 12.7. The molecule has 1 N–H and O–H groups in total. The van der Waals surface area contributed by atoms with E-state index in [0.29, 0.717) is 0 Å². The first-order valence-corrected chi connectivity index (χ1v) is 9.16. The van der Waals surface area contributed by atoms with Gasteiger partial charge in [-0.1, -0.05) is 91.4 Å². The third-order valence-electron chi connectivity index (χ3n) is 5.82. The second-order valence-electron chi connectivity index (χ2n) is 7.22. The number of benzene rings is 2. The van der Waals surface area contributed by atoms with Crippen molar-refractivity contribution >= 4 is 0 Å². The molecule has 26 heavy (non-hydrogen) atoms. The zero-order valence-electron chi connectivity index (χ0n) is 15.3. The number of H-pyrrole nitrogens is 1. The number of hydrogen-bond acceptors (Lipinski definition) is 1. The number of aromatic amines is 1. The van der Waals surface area contributed by atoms with Crippen LogP contribution in [0.25, 0.3) is 0 Å². The van der Waals surface area contributed by atoms with Crippen LogP contribution >= 0.6 is 0 Å². The van der Waals surface area contributed by atoms with E-state index in [2.05, 4.69) is 103 Å². The van der Waals surface area contributed by atoms with Crippen LogP contribution in [-0.2, 0) is 0 Å². The van der Waals surface area contributed by atoms with E-state index in [-0.39, 0.29) is 17.3 Å². The fraction of sp³-hybridized carbons (Fsp3) is 0.208. The third-order valence-corrected chi connectivity index (χ3v) is 5.82. The van der Waals surface area contributed by atoms with Gasteiger partial charge in [-0.3, -0.25) is 0 Å². The summed E-state index contributed by atoms with van der Waals surface area (Å²) in [7, 11) is 0. The molecular formula is C24H24N2. The van der Waals surface area contributed by atoms with Crippen LogP contribution in [0, 0.1) is 5.41 Å². The highest BCUT2D eigenvalue weighted by atomic mass is 14.9. The Hall–Kier alpha value is -2.87. The molecule has 1 aliphatic carbocycles. The minimum atomic E-state index is -0.116. The molecule has 0 saturated heterocycles. The van der Waals surface area contributed by atoms with Gasteiger partial charge in [0.15, 0.2) is 0 Å². The number of nitrogens with zero attached hydrogens (tertiary/aromatic N) is 1. The van der Waals surface area contributed by atoms with Gasteiger partial charge in [-0.2, -0.15) is 0 Å². The maximum absolute atomic E-state index is 4.61. The number of nitrogens with one attached hydrogen (secondary N) is 1. The molecule has 0 bridgehead atoms. The number of aromatic nitrogens is 2. The highest BCUT2D eigenvalue weighted by molar-refractivity contribution is 5.44. The smallest absolute Gasteiger partial charge is 0.113 e. The molecule has 0 radical (unpaired) electrons. The Morgan fingerprint density at radius 1 is 0.962 bits per heavy atom. The summed E-state index contributed by atoms with van der Waals surface area (Å²) in [6.45, 7) is 4.62. The van der Waals surface area contributed by atoms with E-state index in [1.54, 1.807) is 0 Å². The van der Waals surface area contributed by atoms with E-state index in [9.17, 15) is 0 Å². The first kappa shape index (κ1) is 16.6. The van der Waals surface area contributed by atoms with E-state index in [1.165, 1.54) is 16.7 Å². The minimum Gasteiger partial charge on any atom is -0.348 e. The lowest BCUT2D eigenvalue weighted by molar-refractivity contribution is 0.298. The van der Waals surface area contributed by atoms with Gasteiger partial charge in [-0.05, 0) is 18.1 Å². The Bertz CT molecular complexity index is 868. The minimum absolute atomic E-state index is 0.116. The molecular weight excluding hydrogens is 316 g/mol. The molecule has 0 spiro atoms. The number of hydrogen-bond donors (Lipinski definition) is 1. The van der Waals surface area contributed by atoms with Gasteiger partial charge in [-0.15, -0.1) is 0 Å². The molecule has 3 aromatic rings. The van der Waals surface area contributed by atoms with E-state index < -0.39 is 0 Å². The Kier molecular flexibility index (Phi) is 4.34. The zero-order valence-corrected chi connectivity index (χ0v) is 15.3. The monoisotopic (exact) mass is 340 g/mol. The van der Waals surface area contributed by atoms with Crippen molar-refractivity contribution in [2.45, 2.75) is 25.7 Å². The summed E-state index contributed by atoms with van der Waals surface area (Å²) in [5, 5.41) is 0. The lowest BCUT2D eigenvalue weighted by Gasteiger charge is -2.45. The Morgan fingerprint density at radius 2 is 1.58 bits per heavy atom. The van der Waals surface area contributed by atoms with Gasteiger partial charge >= 0.3 is 0 Å². The average molecular weight is 340 g/mol. The van der Waals surface area contributed by atoms with Crippen LogP contribution < -0.4 is 0 Å². The molecule has 1 heterocycles. The van der Waals surface area contributed by atoms with E-state index in [1.807, 2.05) is 12.4 Å². The highest BCUT2D eigenvalue weighted by Gasteiger charge is 2.45. The van der Waals surface area contributed by atoms with Crippen molar-refractivity contribution in [2.75, 3.05) is 0 Å². The van der Waals surface area contributed by atoms with Crippen molar-refractivity contribution in [1.29, 1.82) is 0 Å². The molecule has 1 aromatic heterocycles. The topological polar surface area (TPSA) is 28.7 Å². The van der Waals surface area contributed by atoms with Gasteiger partial charge in [0, 0.05) is 29.6 Å². The molecule has 0 aliphatic heterocycles. The van der Waals surface area contributed by atoms with Gasteiger partial charge in [0.1, 0.15) is 5.82 Å². The fourth-order valence-electron chi connectivity index (χ4n) is 4.34. The van der Waals surface area contributed by atoms with Crippen LogP contribution in [0.5, 0.6) is 0 Å². The second kappa shape index (κ2) is 6.80. The Balaban J connectivity index is 1.93. The highest BCUT2D eigenvalue weighted by Crippen LogP contribution is 2.55. The lowest BCUT2D eigenvalue weighted by Crippen LogP contribution is -2.35. The molecule has 2 nitrogen and oxygen atoms in total. The van der Waals surface area contributed by atoms with Gasteiger partial charge in [0.05, 0.1) is 0 Å². The molecule has 130 valence electrons. The lowest BCUT2D eigenvalue weighted by atomic mass is 9.58.